The molecule has 0 fully saturated rings. The fourth-order valence-electron chi connectivity index (χ4n) is 5.13. The molecule has 14 nitrogen and oxygen atoms in total. The van der Waals surface area contributed by atoms with Gasteiger partial charge in [0.15, 0.2) is 0 Å². The van der Waals surface area contributed by atoms with Crippen LogP contribution < -0.4 is 20.1 Å². The molecule has 0 aliphatic carbocycles. The molecule has 2 N–H and O–H groups in total. The molecule has 0 bridgehead atoms. The van der Waals surface area contributed by atoms with E-state index in [2.05, 4.69) is 72.1 Å². The Balaban J connectivity index is 0.000000221. The van der Waals surface area contributed by atoms with Crippen LogP contribution >= 0.6 is 31.9 Å². The van der Waals surface area contributed by atoms with Crippen LogP contribution in [0.1, 0.15) is 34.6 Å². The largest absolute Gasteiger partial charge is 0.573 e. The SMILES string of the molecule is C[C@@](C#N)(Cn1cc2ncc(Br)cc2n1)NC(=O)c1ccc(OC(F)(F)F)cc1.C[C@](C#N)(Cn1cc2ncc(Br)cc2n1)NC(=O)c1ccc(OC(F)(F)F)cc1. The van der Waals surface area contributed by atoms with Crippen molar-refractivity contribution in [3.8, 4) is 23.6 Å². The Morgan fingerprint density at radius 1 is 0.655 bits per heavy atom. The van der Waals surface area contributed by atoms with E-state index < -0.39 is 47.1 Å². The van der Waals surface area contributed by atoms with Crippen molar-refractivity contribution in [1.29, 1.82) is 10.5 Å². The van der Waals surface area contributed by atoms with Crippen LogP contribution in [0, 0.1) is 22.7 Å². The molecule has 0 aliphatic rings. The van der Waals surface area contributed by atoms with Crippen LogP contribution in [0.25, 0.3) is 22.1 Å². The van der Waals surface area contributed by atoms with E-state index in [9.17, 15) is 46.5 Å². The van der Waals surface area contributed by atoms with E-state index in [1.54, 1.807) is 36.9 Å². The van der Waals surface area contributed by atoms with Crippen molar-refractivity contribution in [2.24, 2.45) is 0 Å². The van der Waals surface area contributed by atoms with Crippen molar-refractivity contribution in [3.63, 3.8) is 0 Å². The van der Waals surface area contributed by atoms with Gasteiger partial charge in [0.25, 0.3) is 11.8 Å². The summed E-state index contributed by atoms with van der Waals surface area (Å²) in [6.45, 7) is 3.11. The summed E-state index contributed by atoms with van der Waals surface area (Å²) in [7, 11) is 0. The first-order valence-corrected chi connectivity index (χ1v) is 17.9. The molecule has 0 radical (unpaired) electrons. The number of fused-ring (bicyclic) bond motifs is 2. The number of carbonyl (C=O) groups excluding carboxylic acids is 2. The summed E-state index contributed by atoms with van der Waals surface area (Å²) in [5, 5.41) is 32.9. The topological polar surface area (TPSA) is 186 Å². The number of aromatic nitrogens is 6. The van der Waals surface area contributed by atoms with Crippen LogP contribution in [0.2, 0.25) is 0 Å². The lowest BCUT2D eigenvalue weighted by Gasteiger charge is -2.23. The van der Waals surface area contributed by atoms with Crippen molar-refractivity contribution >= 4 is 65.7 Å². The van der Waals surface area contributed by atoms with Gasteiger partial charge in [-0.15, -0.1) is 26.3 Å². The molecule has 2 aromatic carbocycles. The van der Waals surface area contributed by atoms with Gasteiger partial charge in [0.05, 0.1) is 37.6 Å². The smallest absolute Gasteiger partial charge is 0.406 e. The van der Waals surface area contributed by atoms with Crippen LogP contribution in [0.15, 0.2) is 94.4 Å². The van der Waals surface area contributed by atoms with Crippen LogP contribution in [-0.4, -0.2) is 65.1 Å². The summed E-state index contributed by atoms with van der Waals surface area (Å²) in [6.07, 6.45) is -3.11. The van der Waals surface area contributed by atoms with E-state index in [0.29, 0.717) is 22.1 Å². The van der Waals surface area contributed by atoms with Crippen molar-refractivity contribution in [2.75, 3.05) is 0 Å². The second-order valence-electron chi connectivity index (χ2n) is 12.7. The van der Waals surface area contributed by atoms with Gasteiger partial charge in [0.1, 0.15) is 44.6 Å². The van der Waals surface area contributed by atoms with Crippen molar-refractivity contribution in [2.45, 2.75) is 50.7 Å². The highest BCUT2D eigenvalue weighted by atomic mass is 79.9. The number of halogens is 8. The zero-order valence-electron chi connectivity index (χ0n) is 29.7. The van der Waals surface area contributed by atoms with Crippen LogP contribution in [0.5, 0.6) is 11.5 Å². The Hall–Kier alpha value is -6.26. The van der Waals surface area contributed by atoms with E-state index in [-0.39, 0.29) is 24.2 Å². The zero-order valence-corrected chi connectivity index (χ0v) is 32.9. The Bertz CT molecular complexity index is 2360. The third-order valence-corrected chi connectivity index (χ3v) is 8.54. The maximum absolute atomic E-state index is 12.4. The highest BCUT2D eigenvalue weighted by molar-refractivity contribution is 9.10. The Morgan fingerprint density at radius 2 is 1.00 bits per heavy atom. The lowest BCUT2D eigenvalue weighted by molar-refractivity contribution is -0.275. The van der Waals surface area contributed by atoms with Crippen molar-refractivity contribution < 1.29 is 45.4 Å². The Labute approximate surface area is 340 Å². The van der Waals surface area contributed by atoms with Gasteiger partial charge in [-0.1, -0.05) is 0 Å². The van der Waals surface area contributed by atoms with Gasteiger partial charge in [-0.2, -0.15) is 20.7 Å². The summed E-state index contributed by atoms with van der Waals surface area (Å²) in [5.41, 5.74) is 0.00159. The van der Waals surface area contributed by atoms with Gasteiger partial charge in [-0.3, -0.25) is 28.9 Å². The number of pyridine rings is 2. The predicted octanol–water partition coefficient (Wildman–Crippen LogP) is 7.61. The summed E-state index contributed by atoms with van der Waals surface area (Å²) >= 11 is 6.61. The normalized spacial score (nSPS) is 13.5. The third kappa shape index (κ3) is 11.9. The molecule has 0 saturated heterocycles. The molecule has 6 rings (SSSR count). The van der Waals surface area contributed by atoms with Gasteiger partial charge in [0.2, 0.25) is 0 Å². The maximum Gasteiger partial charge on any atom is 0.573 e. The molecule has 4 heterocycles. The van der Waals surface area contributed by atoms with Crippen molar-refractivity contribution in [1.82, 2.24) is 40.2 Å². The van der Waals surface area contributed by atoms with Crippen LogP contribution in [0.4, 0.5) is 26.3 Å². The number of carbonyl (C=O) groups is 2. The van der Waals surface area contributed by atoms with E-state index >= 15 is 0 Å². The fourth-order valence-corrected chi connectivity index (χ4v) is 5.77. The molecule has 2 atom stereocenters. The molecular formula is C36H26Br2F6N10O4. The number of nitrogens with zero attached hydrogens (tertiary/aromatic N) is 8. The molecule has 0 unspecified atom stereocenters. The average molecular weight is 936 g/mol. The van der Waals surface area contributed by atoms with Gasteiger partial charge in [-0.25, -0.2) is 0 Å². The number of amides is 2. The number of nitriles is 2. The summed E-state index contributed by atoms with van der Waals surface area (Å²) in [6, 6.07) is 16.4. The number of hydrogen-bond acceptors (Lipinski definition) is 10. The minimum Gasteiger partial charge on any atom is -0.406 e. The summed E-state index contributed by atoms with van der Waals surface area (Å²) < 4.78 is 85.4. The van der Waals surface area contributed by atoms with Gasteiger partial charge >= 0.3 is 12.7 Å². The average Bonchev–Trinajstić information content (AvgIpc) is 3.72. The highest BCUT2D eigenvalue weighted by Crippen LogP contribution is 2.25. The highest BCUT2D eigenvalue weighted by Gasteiger charge is 2.33. The molecule has 58 heavy (non-hydrogen) atoms. The predicted molar refractivity (Wildman–Crippen MR) is 200 cm³/mol. The number of rotatable bonds is 10. The lowest BCUT2D eigenvalue weighted by atomic mass is 10.0. The molecular weight excluding hydrogens is 910 g/mol. The molecule has 22 heteroatoms. The summed E-state index contributed by atoms with van der Waals surface area (Å²) in [5.74, 6) is -2.13. The van der Waals surface area contributed by atoms with E-state index in [1.165, 1.54) is 47.5 Å². The lowest BCUT2D eigenvalue weighted by Crippen LogP contribution is -2.48. The number of benzene rings is 2. The molecule has 2 amide bonds. The van der Waals surface area contributed by atoms with E-state index in [1.807, 2.05) is 12.1 Å². The fraction of sp³-hybridized carbons (Fsp3) is 0.222. The van der Waals surface area contributed by atoms with Crippen LogP contribution in [0.3, 0.4) is 0 Å². The van der Waals surface area contributed by atoms with E-state index in [0.717, 1.165) is 33.2 Å². The second-order valence-corrected chi connectivity index (χ2v) is 14.5. The number of alkyl halides is 6. The monoisotopic (exact) mass is 934 g/mol. The van der Waals surface area contributed by atoms with Crippen LogP contribution in [-0.2, 0) is 13.1 Å². The first-order chi connectivity index (χ1) is 27.1. The first-order valence-electron chi connectivity index (χ1n) is 16.3. The minimum absolute atomic E-state index is 0.0402. The van der Waals surface area contributed by atoms with Gasteiger partial charge < -0.3 is 20.1 Å². The molecule has 4 aromatic heterocycles. The molecule has 0 saturated carbocycles. The molecule has 300 valence electrons. The Kier molecular flexibility index (Phi) is 12.6. The van der Waals surface area contributed by atoms with E-state index in [4.69, 9.17) is 0 Å². The van der Waals surface area contributed by atoms with Gasteiger partial charge in [-0.05, 0) is 106 Å². The number of ether oxygens (including phenoxy) is 2. The quantitative estimate of drug-likeness (QED) is 0.130. The maximum atomic E-state index is 12.4. The summed E-state index contributed by atoms with van der Waals surface area (Å²) in [4.78, 5) is 33.3. The first kappa shape index (κ1) is 42.9. The standard InChI is InChI=1S/2C18H13BrF3N5O2/c2*1-17(9-23,10-27-8-15-14(26-27)6-12(19)7-24-15)25-16(28)11-2-4-13(5-3-11)29-18(20,21)22/h2*2-8H,10H2,1H3,(H,25,28)/t2*17-/m10/s1. The third-order valence-electron chi connectivity index (χ3n) is 7.67. The molecule has 6 aromatic rings. The Morgan fingerprint density at radius 3 is 1.31 bits per heavy atom. The van der Waals surface area contributed by atoms with Gasteiger partial charge in [0, 0.05) is 32.5 Å². The molecule has 0 aliphatic heterocycles. The minimum atomic E-state index is -4.82. The molecule has 0 spiro atoms. The second kappa shape index (κ2) is 17.1. The number of nitrogens with one attached hydrogen (secondary N) is 2. The zero-order chi connectivity index (χ0) is 42.5. The van der Waals surface area contributed by atoms with Crippen molar-refractivity contribution in [3.05, 3.63) is 106 Å². The number of hydrogen-bond donors (Lipinski definition) is 2.